The zero-order valence-electron chi connectivity index (χ0n) is 16.5. The average molecular weight is 423 g/mol. The molecule has 0 bridgehead atoms. The van der Waals surface area contributed by atoms with Gasteiger partial charge in [0.25, 0.3) is 11.8 Å². The molecule has 2 rings (SSSR count). The fourth-order valence-electron chi connectivity index (χ4n) is 2.63. The van der Waals surface area contributed by atoms with Crippen molar-refractivity contribution >= 4 is 46.4 Å². The maximum Gasteiger partial charge on any atom is 0.282 e. The molecule has 28 heavy (non-hydrogen) atoms. The van der Waals surface area contributed by atoms with Gasteiger partial charge in [-0.25, -0.2) is 0 Å². The van der Waals surface area contributed by atoms with Crippen molar-refractivity contribution in [3.63, 3.8) is 0 Å². The average Bonchev–Trinajstić information content (AvgIpc) is 2.64. The zero-order chi connectivity index (χ0) is 20.8. The molecule has 0 aromatic heterocycles. The molecule has 0 spiro atoms. The second kappa shape index (κ2) is 9.92. The third-order valence-corrected chi connectivity index (χ3v) is 5.27. The van der Waals surface area contributed by atoms with Crippen molar-refractivity contribution < 1.29 is 14.5 Å². The Bertz CT molecular complexity index is 818. The molecule has 0 heterocycles. The first kappa shape index (κ1) is 22.2. The Morgan fingerprint density at radius 2 is 1.54 bits per heavy atom. The number of quaternary nitrogens is 1. The highest BCUT2D eigenvalue weighted by Crippen LogP contribution is 2.29. The van der Waals surface area contributed by atoms with Crippen molar-refractivity contribution in [1.29, 1.82) is 0 Å². The lowest BCUT2D eigenvalue weighted by Crippen LogP contribution is -3.14. The molecule has 0 aliphatic carbocycles. The number of nitrogens with one attached hydrogen (secondary N) is 3. The van der Waals surface area contributed by atoms with Gasteiger partial charge in [-0.1, -0.05) is 55.2 Å². The fraction of sp³-hybridized carbons (Fsp3) is 0.333. The lowest BCUT2D eigenvalue weighted by molar-refractivity contribution is -0.885. The molecular formula is C21H26Cl2N3O2+. The molecule has 0 aliphatic heterocycles. The Morgan fingerprint density at radius 1 is 0.964 bits per heavy atom. The molecule has 2 amide bonds. The van der Waals surface area contributed by atoms with Gasteiger partial charge in [0.2, 0.25) is 0 Å². The number of rotatable bonds is 7. The van der Waals surface area contributed by atoms with Gasteiger partial charge < -0.3 is 15.5 Å². The highest BCUT2D eigenvalue weighted by molar-refractivity contribution is 6.39. The van der Waals surface area contributed by atoms with Gasteiger partial charge in [-0.05, 0) is 42.7 Å². The minimum atomic E-state index is -0.419. The number of carbonyl (C=O) groups is 2. The molecule has 0 fully saturated rings. The van der Waals surface area contributed by atoms with Gasteiger partial charge in [0.1, 0.15) is 0 Å². The highest BCUT2D eigenvalue weighted by Gasteiger charge is 2.24. The van der Waals surface area contributed by atoms with E-state index >= 15 is 0 Å². The van der Waals surface area contributed by atoms with Crippen LogP contribution >= 0.6 is 23.2 Å². The molecule has 0 saturated heterocycles. The Labute approximate surface area is 176 Å². The molecule has 2 atom stereocenters. The maximum atomic E-state index is 12.5. The van der Waals surface area contributed by atoms with E-state index in [-0.39, 0.29) is 18.4 Å². The van der Waals surface area contributed by atoms with E-state index in [1.54, 1.807) is 32.2 Å². The molecule has 7 heteroatoms. The summed E-state index contributed by atoms with van der Waals surface area (Å²) in [5.74, 6) is 0.0104. The van der Waals surface area contributed by atoms with Crippen molar-refractivity contribution in [1.82, 2.24) is 0 Å². The first-order chi connectivity index (χ1) is 13.2. The number of likely N-dealkylation sites (N-methyl/N-ethyl adjacent to an activating group) is 1. The van der Waals surface area contributed by atoms with Crippen LogP contribution < -0.4 is 15.5 Å². The number of halogens is 2. The van der Waals surface area contributed by atoms with Gasteiger partial charge in [-0.15, -0.1) is 0 Å². The van der Waals surface area contributed by atoms with Crippen LogP contribution in [0.25, 0.3) is 0 Å². The SMILES string of the molecule is CC(C)c1ccc(NC(=O)[C@H](C)[NH+](C)CC(=O)Nc2c(Cl)cccc2Cl)cc1. The number of hydrogen-bond donors (Lipinski definition) is 3. The van der Waals surface area contributed by atoms with E-state index in [0.29, 0.717) is 21.7 Å². The van der Waals surface area contributed by atoms with Crippen LogP contribution in [0.5, 0.6) is 0 Å². The number of hydrogen-bond acceptors (Lipinski definition) is 2. The maximum absolute atomic E-state index is 12.5. The summed E-state index contributed by atoms with van der Waals surface area (Å²) in [7, 11) is 1.79. The van der Waals surface area contributed by atoms with Gasteiger partial charge in [0.05, 0.1) is 22.8 Å². The van der Waals surface area contributed by atoms with Crippen LogP contribution in [0.2, 0.25) is 10.0 Å². The van der Waals surface area contributed by atoms with Crippen molar-refractivity contribution in [3.05, 3.63) is 58.1 Å². The molecule has 2 aromatic carbocycles. The summed E-state index contributed by atoms with van der Waals surface area (Å²) < 4.78 is 0. The highest BCUT2D eigenvalue weighted by atomic mass is 35.5. The van der Waals surface area contributed by atoms with Crippen molar-refractivity contribution in [2.75, 3.05) is 24.2 Å². The minimum absolute atomic E-state index is 0.0996. The first-order valence-corrected chi connectivity index (χ1v) is 9.91. The lowest BCUT2D eigenvalue weighted by Gasteiger charge is -2.21. The van der Waals surface area contributed by atoms with E-state index in [0.717, 1.165) is 10.6 Å². The summed E-state index contributed by atoms with van der Waals surface area (Å²) in [6.07, 6.45) is 0. The van der Waals surface area contributed by atoms with Crippen LogP contribution in [0.3, 0.4) is 0 Å². The number of anilines is 2. The Hall–Kier alpha value is -2.08. The molecule has 0 aliphatic rings. The van der Waals surface area contributed by atoms with Gasteiger partial charge >= 0.3 is 0 Å². The summed E-state index contributed by atoms with van der Waals surface area (Å²) in [5, 5.41) is 6.35. The quantitative estimate of drug-likeness (QED) is 0.638. The topological polar surface area (TPSA) is 62.6 Å². The standard InChI is InChI=1S/C21H25Cl2N3O2/c1-13(2)15-8-10-16(11-9-15)24-21(28)14(3)26(4)12-19(27)25-20-17(22)6-5-7-18(20)23/h5-11,13-14H,12H2,1-4H3,(H,24,28)(H,25,27)/p+1/t14-/m0/s1. The minimum Gasteiger partial charge on any atom is -0.321 e. The van der Waals surface area contributed by atoms with Gasteiger partial charge in [0, 0.05) is 5.69 Å². The van der Waals surface area contributed by atoms with Crippen LogP contribution in [-0.4, -0.2) is 31.4 Å². The normalized spacial score (nSPS) is 13.1. The molecule has 1 unspecified atom stereocenters. The largest absolute Gasteiger partial charge is 0.321 e. The predicted molar refractivity (Wildman–Crippen MR) is 115 cm³/mol. The first-order valence-electron chi connectivity index (χ1n) is 9.16. The summed E-state index contributed by atoms with van der Waals surface area (Å²) in [6.45, 7) is 6.12. The number of carbonyl (C=O) groups excluding carboxylic acids is 2. The monoisotopic (exact) mass is 422 g/mol. The van der Waals surface area contributed by atoms with Gasteiger partial charge in [0.15, 0.2) is 12.6 Å². The summed E-state index contributed by atoms with van der Waals surface area (Å²) in [5.41, 5.74) is 2.33. The van der Waals surface area contributed by atoms with Crippen LogP contribution in [0, 0.1) is 0 Å². The second-order valence-electron chi connectivity index (χ2n) is 7.16. The summed E-state index contributed by atoms with van der Waals surface area (Å²) in [4.78, 5) is 25.6. The lowest BCUT2D eigenvalue weighted by atomic mass is 10.0. The molecule has 0 saturated carbocycles. The van der Waals surface area contributed by atoms with Crippen LogP contribution in [0.15, 0.2) is 42.5 Å². The third-order valence-electron chi connectivity index (χ3n) is 4.64. The summed E-state index contributed by atoms with van der Waals surface area (Å²) >= 11 is 12.1. The van der Waals surface area contributed by atoms with E-state index in [2.05, 4.69) is 24.5 Å². The molecule has 2 aromatic rings. The Morgan fingerprint density at radius 3 is 2.07 bits per heavy atom. The molecule has 150 valence electrons. The molecule has 3 N–H and O–H groups in total. The van der Waals surface area contributed by atoms with E-state index in [1.165, 1.54) is 5.56 Å². The Balaban J connectivity index is 1.92. The third kappa shape index (κ3) is 5.96. The van der Waals surface area contributed by atoms with Crippen molar-refractivity contribution in [3.8, 4) is 0 Å². The van der Waals surface area contributed by atoms with Crippen LogP contribution in [-0.2, 0) is 9.59 Å². The van der Waals surface area contributed by atoms with E-state index in [9.17, 15) is 9.59 Å². The molecule has 0 radical (unpaired) electrons. The second-order valence-corrected chi connectivity index (χ2v) is 7.97. The number of para-hydroxylation sites is 1. The fourth-order valence-corrected chi connectivity index (χ4v) is 3.12. The molecule has 5 nitrogen and oxygen atoms in total. The van der Waals surface area contributed by atoms with Crippen LogP contribution in [0.1, 0.15) is 32.3 Å². The van der Waals surface area contributed by atoms with Crippen LogP contribution in [0.4, 0.5) is 11.4 Å². The predicted octanol–water partition coefficient (Wildman–Crippen LogP) is 3.60. The number of amides is 2. The van der Waals surface area contributed by atoms with E-state index < -0.39 is 6.04 Å². The van der Waals surface area contributed by atoms with Crippen molar-refractivity contribution in [2.24, 2.45) is 0 Å². The number of benzene rings is 2. The molecular weight excluding hydrogens is 397 g/mol. The summed E-state index contributed by atoms with van der Waals surface area (Å²) in [6, 6.07) is 12.4. The van der Waals surface area contributed by atoms with Gasteiger partial charge in [-0.3, -0.25) is 9.59 Å². The van der Waals surface area contributed by atoms with Crippen molar-refractivity contribution in [2.45, 2.75) is 32.7 Å². The van der Waals surface area contributed by atoms with Gasteiger partial charge in [-0.2, -0.15) is 0 Å². The smallest absolute Gasteiger partial charge is 0.282 e. The van der Waals surface area contributed by atoms with E-state index in [4.69, 9.17) is 23.2 Å². The zero-order valence-corrected chi connectivity index (χ0v) is 18.0. The van der Waals surface area contributed by atoms with E-state index in [1.807, 2.05) is 24.3 Å². The Kier molecular flexibility index (Phi) is 7.87.